The van der Waals surface area contributed by atoms with Crippen LogP contribution in [0.25, 0.3) is 0 Å². The quantitative estimate of drug-likeness (QED) is 0.512. The maximum Gasteiger partial charge on any atom is 0.257 e. The lowest BCUT2D eigenvalue weighted by molar-refractivity contribution is 0.0916. The van der Waals surface area contributed by atoms with Crippen molar-refractivity contribution in [2.75, 3.05) is 25.3 Å². The Hall–Kier alpha value is -2.95. The third-order valence-electron chi connectivity index (χ3n) is 4.02. The standard InChI is InChI=1S/C21H22N2O6S2/c1-14(13-27-2)28-17-10-15(20(24)23-21-22-8-9-30-21)11-18(12-17)29-16-4-6-19(7-5-16)31(3,25)26/h4-12,14H,13H2,1-3H3,(H,22,23,24). The van der Waals surface area contributed by atoms with Crippen molar-refractivity contribution in [3.05, 3.63) is 59.6 Å². The van der Waals surface area contributed by atoms with Crippen molar-refractivity contribution in [3.8, 4) is 17.2 Å². The number of carbonyl (C=O) groups excluding carboxylic acids is 1. The molecule has 8 nitrogen and oxygen atoms in total. The van der Waals surface area contributed by atoms with E-state index in [1.54, 1.807) is 49.0 Å². The summed E-state index contributed by atoms with van der Waals surface area (Å²) in [6, 6.07) is 10.8. The van der Waals surface area contributed by atoms with Gasteiger partial charge in [-0.05, 0) is 43.3 Å². The van der Waals surface area contributed by atoms with Crippen LogP contribution in [0.4, 0.5) is 5.13 Å². The second-order valence-electron chi connectivity index (χ2n) is 6.71. The second-order valence-corrected chi connectivity index (χ2v) is 9.62. The van der Waals surface area contributed by atoms with Crippen molar-refractivity contribution >= 4 is 32.2 Å². The summed E-state index contributed by atoms with van der Waals surface area (Å²) in [5, 5.41) is 4.96. The summed E-state index contributed by atoms with van der Waals surface area (Å²) in [4.78, 5) is 16.9. The molecule has 0 aliphatic heterocycles. The number of carbonyl (C=O) groups is 1. The van der Waals surface area contributed by atoms with Gasteiger partial charge in [-0.15, -0.1) is 11.3 Å². The highest BCUT2D eigenvalue weighted by molar-refractivity contribution is 7.90. The number of aromatic nitrogens is 1. The van der Waals surface area contributed by atoms with Crippen molar-refractivity contribution in [1.82, 2.24) is 4.98 Å². The van der Waals surface area contributed by atoms with Gasteiger partial charge in [-0.25, -0.2) is 13.4 Å². The first-order valence-corrected chi connectivity index (χ1v) is 12.0. The van der Waals surface area contributed by atoms with Gasteiger partial charge in [0, 0.05) is 36.6 Å². The number of nitrogens with one attached hydrogen (secondary N) is 1. The Labute approximate surface area is 184 Å². The van der Waals surface area contributed by atoms with Crippen molar-refractivity contribution in [1.29, 1.82) is 0 Å². The van der Waals surface area contributed by atoms with Crippen LogP contribution in [0.1, 0.15) is 17.3 Å². The minimum Gasteiger partial charge on any atom is -0.488 e. The lowest BCUT2D eigenvalue weighted by atomic mass is 10.2. The molecule has 1 amide bonds. The molecule has 0 spiro atoms. The van der Waals surface area contributed by atoms with E-state index in [0.29, 0.717) is 34.6 Å². The van der Waals surface area contributed by atoms with Crippen LogP contribution in [0, 0.1) is 0 Å². The molecular weight excluding hydrogens is 440 g/mol. The maximum atomic E-state index is 12.7. The van der Waals surface area contributed by atoms with Crippen LogP contribution in [0.5, 0.6) is 17.2 Å². The highest BCUT2D eigenvalue weighted by atomic mass is 32.2. The summed E-state index contributed by atoms with van der Waals surface area (Å²) < 4.78 is 40.1. The maximum absolute atomic E-state index is 12.7. The Balaban J connectivity index is 1.87. The second kappa shape index (κ2) is 9.90. The van der Waals surface area contributed by atoms with Crippen molar-refractivity contribution < 1.29 is 27.4 Å². The van der Waals surface area contributed by atoms with Gasteiger partial charge in [0.05, 0.1) is 11.5 Å². The molecule has 1 aromatic heterocycles. The molecule has 0 aliphatic carbocycles. The number of methoxy groups -OCH3 is 1. The van der Waals surface area contributed by atoms with Crippen LogP contribution in [-0.2, 0) is 14.6 Å². The Morgan fingerprint density at radius 2 is 1.84 bits per heavy atom. The number of hydrogen-bond donors (Lipinski definition) is 1. The zero-order chi connectivity index (χ0) is 22.4. The molecule has 1 atom stereocenters. The molecule has 3 aromatic rings. The predicted molar refractivity (Wildman–Crippen MR) is 118 cm³/mol. The molecule has 0 aliphatic rings. The summed E-state index contributed by atoms with van der Waals surface area (Å²) in [5.74, 6) is 0.843. The molecule has 0 saturated carbocycles. The minimum atomic E-state index is -3.31. The minimum absolute atomic E-state index is 0.189. The fourth-order valence-electron chi connectivity index (χ4n) is 2.68. The lowest BCUT2D eigenvalue weighted by Crippen LogP contribution is -2.18. The normalized spacial score (nSPS) is 12.2. The van der Waals surface area contributed by atoms with Crippen LogP contribution >= 0.6 is 11.3 Å². The molecular formula is C21H22N2O6S2. The van der Waals surface area contributed by atoms with Crippen molar-refractivity contribution in [2.45, 2.75) is 17.9 Å². The van der Waals surface area contributed by atoms with Gasteiger partial charge < -0.3 is 14.2 Å². The van der Waals surface area contributed by atoms with E-state index in [1.165, 1.54) is 23.5 Å². The summed E-state index contributed by atoms with van der Waals surface area (Å²) >= 11 is 1.31. The average molecular weight is 463 g/mol. The van der Waals surface area contributed by atoms with Gasteiger partial charge in [0.15, 0.2) is 15.0 Å². The Morgan fingerprint density at radius 1 is 1.13 bits per heavy atom. The average Bonchev–Trinajstić information content (AvgIpc) is 3.20. The highest BCUT2D eigenvalue weighted by Crippen LogP contribution is 2.29. The zero-order valence-corrected chi connectivity index (χ0v) is 18.8. The van der Waals surface area contributed by atoms with E-state index >= 15 is 0 Å². The van der Waals surface area contributed by atoms with Gasteiger partial charge in [-0.1, -0.05) is 0 Å². The van der Waals surface area contributed by atoms with Crippen LogP contribution < -0.4 is 14.8 Å². The molecule has 0 saturated heterocycles. The SMILES string of the molecule is COCC(C)Oc1cc(Oc2ccc(S(C)(=O)=O)cc2)cc(C(=O)Nc2nccs2)c1. The van der Waals surface area contributed by atoms with E-state index in [-0.39, 0.29) is 16.9 Å². The van der Waals surface area contributed by atoms with Gasteiger partial charge >= 0.3 is 0 Å². The molecule has 2 aromatic carbocycles. The fraction of sp³-hybridized carbons (Fsp3) is 0.238. The number of rotatable bonds is 9. The zero-order valence-electron chi connectivity index (χ0n) is 17.2. The molecule has 1 heterocycles. The van der Waals surface area contributed by atoms with E-state index < -0.39 is 9.84 Å². The van der Waals surface area contributed by atoms with Crippen LogP contribution in [0.2, 0.25) is 0 Å². The predicted octanol–water partition coefficient (Wildman–Crippen LogP) is 4.00. The van der Waals surface area contributed by atoms with E-state index in [2.05, 4.69) is 10.3 Å². The molecule has 0 radical (unpaired) electrons. The van der Waals surface area contributed by atoms with Crippen LogP contribution in [-0.4, -0.2) is 45.4 Å². The van der Waals surface area contributed by atoms with Gasteiger partial charge in [0.1, 0.15) is 23.4 Å². The molecule has 31 heavy (non-hydrogen) atoms. The summed E-state index contributed by atoms with van der Waals surface area (Å²) in [5.41, 5.74) is 0.320. The number of anilines is 1. The molecule has 3 rings (SSSR count). The summed E-state index contributed by atoms with van der Waals surface area (Å²) in [6.45, 7) is 2.22. The molecule has 10 heteroatoms. The first-order chi connectivity index (χ1) is 14.7. The summed E-state index contributed by atoms with van der Waals surface area (Å²) in [7, 11) is -1.73. The topological polar surface area (TPSA) is 104 Å². The largest absolute Gasteiger partial charge is 0.488 e. The monoisotopic (exact) mass is 462 g/mol. The van der Waals surface area contributed by atoms with Crippen LogP contribution in [0.3, 0.4) is 0 Å². The Morgan fingerprint density at radius 3 is 2.45 bits per heavy atom. The molecule has 1 N–H and O–H groups in total. The molecule has 164 valence electrons. The number of thiazole rings is 1. The number of hydrogen-bond acceptors (Lipinski definition) is 8. The lowest BCUT2D eigenvalue weighted by Gasteiger charge is -2.16. The number of ether oxygens (including phenoxy) is 3. The fourth-order valence-corrected chi connectivity index (χ4v) is 3.83. The van der Waals surface area contributed by atoms with Gasteiger partial charge in [0.25, 0.3) is 5.91 Å². The van der Waals surface area contributed by atoms with E-state index in [0.717, 1.165) is 6.26 Å². The van der Waals surface area contributed by atoms with Crippen molar-refractivity contribution in [3.63, 3.8) is 0 Å². The summed E-state index contributed by atoms with van der Waals surface area (Å²) in [6.07, 6.45) is 2.49. The number of nitrogens with zero attached hydrogens (tertiary/aromatic N) is 1. The number of amides is 1. The third-order valence-corrected chi connectivity index (χ3v) is 5.84. The van der Waals surface area contributed by atoms with Crippen molar-refractivity contribution in [2.24, 2.45) is 0 Å². The first-order valence-electron chi connectivity index (χ1n) is 9.24. The van der Waals surface area contributed by atoms with Gasteiger partial charge in [-0.2, -0.15) is 0 Å². The van der Waals surface area contributed by atoms with E-state index in [9.17, 15) is 13.2 Å². The first kappa shape index (κ1) is 22.7. The number of sulfone groups is 1. The third kappa shape index (κ3) is 6.51. The number of benzene rings is 2. The molecule has 1 unspecified atom stereocenters. The highest BCUT2D eigenvalue weighted by Gasteiger charge is 2.14. The van der Waals surface area contributed by atoms with E-state index in [1.807, 2.05) is 6.92 Å². The molecule has 0 bridgehead atoms. The smallest absolute Gasteiger partial charge is 0.257 e. The van der Waals surface area contributed by atoms with Crippen LogP contribution in [0.15, 0.2) is 58.9 Å². The van der Waals surface area contributed by atoms with Gasteiger partial charge in [-0.3, -0.25) is 10.1 Å². The van der Waals surface area contributed by atoms with Gasteiger partial charge in [0.2, 0.25) is 0 Å². The molecule has 0 fully saturated rings. The Bertz CT molecular complexity index is 1130. The Kier molecular flexibility index (Phi) is 7.26. The van der Waals surface area contributed by atoms with E-state index in [4.69, 9.17) is 14.2 Å².